The number of aromatic nitrogens is 2. The van der Waals surface area contributed by atoms with E-state index in [0.717, 1.165) is 11.3 Å². The minimum absolute atomic E-state index is 0.294. The zero-order chi connectivity index (χ0) is 20.1. The molecule has 0 saturated heterocycles. The number of carbonyl (C=O) groups is 1. The van der Waals surface area contributed by atoms with Crippen LogP contribution in [-0.4, -0.2) is 37.4 Å². The Balaban J connectivity index is 1.71. The SMILES string of the molecule is COc1ccc(-c2noc([C@H](C)NC(=O)c3ccc(OC)c(OC)c3)n2)cc1. The van der Waals surface area contributed by atoms with E-state index in [9.17, 15) is 4.79 Å². The number of nitrogens with zero attached hydrogens (tertiary/aromatic N) is 2. The minimum atomic E-state index is -0.472. The van der Waals surface area contributed by atoms with Crippen molar-refractivity contribution < 1.29 is 23.5 Å². The van der Waals surface area contributed by atoms with Gasteiger partial charge in [-0.25, -0.2) is 0 Å². The van der Waals surface area contributed by atoms with Gasteiger partial charge in [-0.3, -0.25) is 4.79 Å². The lowest BCUT2D eigenvalue weighted by Gasteiger charge is -2.12. The van der Waals surface area contributed by atoms with Gasteiger partial charge in [0.2, 0.25) is 11.7 Å². The van der Waals surface area contributed by atoms with E-state index in [4.69, 9.17) is 18.7 Å². The first-order valence-corrected chi connectivity index (χ1v) is 8.56. The average Bonchev–Trinajstić information content (AvgIpc) is 3.23. The van der Waals surface area contributed by atoms with E-state index < -0.39 is 6.04 Å². The van der Waals surface area contributed by atoms with Gasteiger partial charge in [-0.05, 0) is 49.4 Å². The average molecular weight is 383 g/mol. The molecular weight excluding hydrogens is 362 g/mol. The van der Waals surface area contributed by atoms with Crippen molar-refractivity contribution >= 4 is 5.91 Å². The maximum absolute atomic E-state index is 12.5. The van der Waals surface area contributed by atoms with E-state index in [1.807, 2.05) is 24.3 Å². The molecule has 0 aliphatic rings. The van der Waals surface area contributed by atoms with Crippen LogP contribution < -0.4 is 19.5 Å². The van der Waals surface area contributed by atoms with Crippen LogP contribution in [0.2, 0.25) is 0 Å². The molecule has 1 amide bonds. The number of nitrogens with one attached hydrogen (secondary N) is 1. The van der Waals surface area contributed by atoms with Gasteiger partial charge in [0.05, 0.1) is 21.3 Å². The maximum Gasteiger partial charge on any atom is 0.252 e. The Morgan fingerprint density at radius 3 is 2.36 bits per heavy atom. The zero-order valence-corrected chi connectivity index (χ0v) is 16.1. The molecule has 1 heterocycles. The third-order valence-corrected chi connectivity index (χ3v) is 4.15. The van der Waals surface area contributed by atoms with Crippen molar-refractivity contribution in [2.24, 2.45) is 0 Å². The van der Waals surface area contributed by atoms with Crippen molar-refractivity contribution in [3.8, 4) is 28.6 Å². The predicted molar refractivity (Wildman–Crippen MR) is 102 cm³/mol. The Bertz CT molecular complexity index is 953. The van der Waals surface area contributed by atoms with E-state index in [1.54, 1.807) is 32.2 Å². The first kappa shape index (κ1) is 19.2. The summed E-state index contributed by atoms with van der Waals surface area (Å²) in [6.45, 7) is 1.77. The predicted octanol–water partition coefficient (Wildman–Crippen LogP) is 3.25. The van der Waals surface area contributed by atoms with Crippen LogP contribution in [0.5, 0.6) is 17.2 Å². The van der Waals surface area contributed by atoms with E-state index in [1.165, 1.54) is 14.2 Å². The highest BCUT2D eigenvalue weighted by Crippen LogP contribution is 2.28. The first-order valence-electron chi connectivity index (χ1n) is 8.56. The van der Waals surface area contributed by atoms with Gasteiger partial charge >= 0.3 is 0 Å². The molecule has 1 N–H and O–H groups in total. The number of rotatable bonds is 7. The molecule has 0 aliphatic carbocycles. The lowest BCUT2D eigenvalue weighted by Crippen LogP contribution is -2.26. The Morgan fingerprint density at radius 1 is 1.00 bits per heavy atom. The second-order valence-corrected chi connectivity index (χ2v) is 5.95. The summed E-state index contributed by atoms with van der Waals surface area (Å²) in [5.74, 6) is 2.21. The molecule has 1 atom stereocenters. The third-order valence-electron chi connectivity index (χ3n) is 4.15. The molecule has 0 saturated carbocycles. The summed E-state index contributed by atoms with van der Waals surface area (Å²) in [5, 5.41) is 6.81. The molecule has 0 unspecified atom stereocenters. The van der Waals surface area contributed by atoms with Crippen LogP contribution in [0.25, 0.3) is 11.4 Å². The maximum atomic E-state index is 12.5. The number of hydrogen-bond acceptors (Lipinski definition) is 7. The van der Waals surface area contributed by atoms with Gasteiger partial charge in [0.25, 0.3) is 5.91 Å². The highest BCUT2D eigenvalue weighted by atomic mass is 16.5. The van der Waals surface area contributed by atoms with E-state index in [0.29, 0.717) is 28.8 Å². The molecule has 3 aromatic rings. The summed E-state index contributed by atoms with van der Waals surface area (Å²) in [4.78, 5) is 16.9. The quantitative estimate of drug-likeness (QED) is 0.669. The van der Waals surface area contributed by atoms with Crippen molar-refractivity contribution in [2.45, 2.75) is 13.0 Å². The molecule has 146 valence electrons. The smallest absolute Gasteiger partial charge is 0.252 e. The number of carbonyl (C=O) groups excluding carboxylic acids is 1. The van der Waals surface area contributed by atoms with Crippen molar-refractivity contribution in [1.29, 1.82) is 0 Å². The number of ether oxygens (including phenoxy) is 3. The minimum Gasteiger partial charge on any atom is -0.497 e. The van der Waals surface area contributed by atoms with Crippen LogP contribution in [-0.2, 0) is 0 Å². The Hall–Kier alpha value is -3.55. The largest absolute Gasteiger partial charge is 0.497 e. The standard InChI is InChI=1S/C20H21N3O5/c1-12(21-19(24)14-7-10-16(26-3)17(11-14)27-4)20-22-18(23-28-20)13-5-8-15(25-2)9-6-13/h5-12H,1-4H3,(H,21,24)/t12-/m0/s1. The van der Waals surface area contributed by atoms with E-state index >= 15 is 0 Å². The molecule has 3 rings (SSSR count). The van der Waals surface area contributed by atoms with Gasteiger partial charge < -0.3 is 24.1 Å². The van der Waals surface area contributed by atoms with Crippen molar-refractivity contribution in [1.82, 2.24) is 15.5 Å². The van der Waals surface area contributed by atoms with Crippen LogP contribution >= 0.6 is 0 Å². The molecule has 8 nitrogen and oxygen atoms in total. The van der Waals surface area contributed by atoms with Crippen LogP contribution in [0, 0.1) is 0 Å². The van der Waals surface area contributed by atoms with Crippen LogP contribution in [0.1, 0.15) is 29.2 Å². The van der Waals surface area contributed by atoms with E-state index in [2.05, 4.69) is 15.5 Å². The summed E-state index contributed by atoms with van der Waals surface area (Å²) in [6, 6.07) is 11.8. The molecule has 28 heavy (non-hydrogen) atoms. The van der Waals surface area contributed by atoms with Crippen LogP contribution in [0.3, 0.4) is 0 Å². The highest BCUT2D eigenvalue weighted by molar-refractivity contribution is 5.95. The number of methoxy groups -OCH3 is 3. The lowest BCUT2D eigenvalue weighted by molar-refractivity contribution is 0.0932. The fraction of sp³-hybridized carbons (Fsp3) is 0.250. The summed E-state index contributed by atoms with van der Waals surface area (Å²) < 4.78 is 20.9. The van der Waals surface area contributed by atoms with Crippen LogP contribution in [0.15, 0.2) is 47.0 Å². The third kappa shape index (κ3) is 4.06. The van der Waals surface area contributed by atoms with Crippen molar-refractivity contribution in [3.63, 3.8) is 0 Å². The summed E-state index contributed by atoms with van der Waals surface area (Å²) in [5.41, 5.74) is 1.22. The molecule has 0 spiro atoms. The molecule has 0 bridgehead atoms. The number of amides is 1. The highest BCUT2D eigenvalue weighted by Gasteiger charge is 2.19. The topological polar surface area (TPSA) is 95.7 Å². The fourth-order valence-electron chi connectivity index (χ4n) is 2.59. The zero-order valence-electron chi connectivity index (χ0n) is 16.1. The molecule has 0 aliphatic heterocycles. The van der Waals surface area contributed by atoms with Gasteiger partial charge in [-0.1, -0.05) is 5.16 Å². The van der Waals surface area contributed by atoms with Gasteiger partial charge in [0.1, 0.15) is 11.8 Å². The summed E-state index contributed by atoms with van der Waals surface area (Å²) in [6.07, 6.45) is 0. The molecule has 0 radical (unpaired) electrons. The second-order valence-electron chi connectivity index (χ2n) is 5.95. The number of hydrogen-bond donors (Lipinski definition) is 1. The van der Waals surface area contributed by atoms with Crippen molar-refractivity contribution in [3.05, 3.63) is 53.9 Å². The van der Waals surface area contributed by atoms with Gasteiger partial charge in [0, 0.05) is 11.1 Å². The normalized spacial score (nSPS) is 11.6. The van der Waals surface area contributed by atoms with Crippen molar-refractivity contribution in [2.75, 3.05) is 21.3 Å². The Kier molecular flexibility index (Phi) is 5.78. The molecule has 0 fully saturated rings. The van der Waals surface area contributed by atoms with Gasteiger partial charge in [0.15, 0.2) is 11.5 Å². The monoisotopic (exact) mass is 383 g/mol. The first-order chi connectivity index (χ1) is 13.5. The Morgan fingerprint density at radius 2 is 1.71 bits per heavy atom. The molecule has 1 aromatic heterocycles. The number of benzene rings is 2. The van der Waals surface area contributed by atoms with E-state index in [-0.39, 0.29) is 5.91 Å². The summed E-state index contributed by atoms with van der Waals surface area (Å²) >= 11 is 0. The Labute approximate surface area is 162 Å². The van der Waals surface area contributed by atoms with Gasteiger partial charge in [-0.2, -0.15) is 4.98 Å². The molecular formula is C20H21N3O5. The fourth-order valence-corrected chi connectivity index (χ4v) is 2.59. The lowest BCUT2D eigenvalue weighted by atomic mass is 10.1. The molecule has 8 heteroatoms. The summed E-state index contributed by atoms with van der Waals surface area (Å²) in [7, 11) is 4.65. The second kappa shape index (κ2) is 8.43. The molecule has 2 aromatic carbocycles. The van der Waals surface area contributed by atoms with Gasteiger partial charge in [-0.15, -0.1) is 0 Å². The van der Waals surface area contributed by atoms with Crippen LogP contribution in [0.4, 0.5) is 0 Å².